The van der Waals surface area contributed by atoms with Crippen molar-refractivity contribution in [1.29, 1.82) is 0 Å². The predicted octanol–water partition coefficient (Wildman–Crippen LogP) is 3.81. The first-order valence-electron chi connectivity index (χ1n) is 6.06. The molecular formula is C14H13Cl2NO4S. The average Bonchev–Trinajstić information content (AvgIpc) is 2.45. The van der Waals surface area contributed by atoms with Crippen LogP contribution >= 0.6 is 23.2 Å². The highest BCUT2D eigenvalue weighted by molar-refractivity contribution is 7.92. The molecule has 0 aliphatic heterocycles. The van der Waals surface area contributed by atoms with E-state index in [4.69, 9.17) is 32.7 Å². The molecule has 0 heterocycles. The van der Waals surface area contributed by atoms with Crippen molar-refractivity contribution in [3.05, 3.63) is 46.4 Å². The van der Waals surface area contributed by atoms with Crippen molar-refractivity contribution in [3.8, 4) is 11.5 Å². The van der Waals surface area contributed by atoms with Crippen LogP contribution in [0.2, 0.25) is 10.0 Å². The maximum absolute atomic E-state index is 12.4. The Morgan fingerprint density at radius 3 is 2.14 bits per heavy atom. The van der Waals surface area contributed by atoms with Crippen LogP contribution in [-0.2, 0) is 10.0 Å². The molecule has 22 heavy (non-hydrogen) atoms. The zero-order valence-corrected chi connectivity index (χ0v) is 14.1. The van der Waals surface area contributed by atoms with Gasteiger partial charge in [-0.05, 0) is 30.3 Å². The third-order valence-corrected chi connectivity index (χ3v) is 4.58. The molecule has 0 unspecified atom stereocenters. The van der Waals surface area contributed by atoms with E-state index in [1.807, 2.05) is 0 Å². The van der Waals surface area contributed by atoms with Crippen LogP contribution in [0.25, 0.3) is 0 Å². The molecule has 0 saturated heterocycles. The van der Waals surface area contributed by atoms with Crippen molar-refractivity contribution in [1.82, 2.24) is 0 Å². The number of hydrogen-bond donors (Lipinski definition) is 1. The summed E-state index contributed by atoms with van der Waals surface area (Å²) < 4.78 is 37.6. The second-order valence-electron chi connectivity index (χ2n) is 4.28. The van der Waals surface area contributed by atoms with Crippen molar-refractivity contribution >= 4 is 38.9 Å². The fourth-order valence-electron chi connectivity index (χ4n) is 1.78. The number of nitrogens with one attached hydrogen (secondary N) is 1. The van der Waals surface area contributed by atoms with Gasteiger partial charge in [0.15, 0.2) is 0 Å². The van der Waals surface area contributed by atoms with Crippen LogP contribution < -0.4 is 14.2 Å². The Morgan fingerprint density at radius 1 is 0.955 bits per heavy atom. The van der Waals surface area contributed by atoms with E-state index in [1.165, 1.54) is 38.5 Å². The Balaban J connectivity index is 2.44. The zero-order chi connectivity index (χ0) is 16.3. The second-order valence-corrected chi connectivity index (χ2v) is 6.83. The lowest BCUT2D eigenvalue weighted by Gasteiger charge is -2.13. The molecule has 0 atom stereocenters. The molecule has 0 fully saturated rings. The van der Waals surface area contributed by atoms with E-state index in [9.17, 15) is 8.42 Å². The van der Waals surface area contributed by atoms with Crippen molar-refractivity contribution < 1.29 is 17.9 Å². The molecule has 5 nitrogen and oxygen atoms in total. The number of ether oxygens (including phenoxy) is 2. The Bertz CT molecular complexity index is 773. The summed E-state index contributed by atoms with van der Waals surface area (Å²) in [6.45, 7) is 0. The zero-order valence-electron chi connectivity index (χ0n) is 11.8. The summed E-state index contributed by atoms with van der Waals surface area (Å²) in [5.74, 6) is 0.847. The Labute approximate surface area is 138 Å². The third-order valence-electron chi connectivity index (χ3n) is 2.80. The molecule has 0 aliphatic rings. The Morgan fingerprint density at radius 2 is 1.59 bits per heavy atom. The van der Waals surface area contributed by atoms with Gasteiger partial charge in [-0.3, -0.25) is 4.72 Å². The number of anilines is 1. The van der Waals surface area contributed by atoms with Gasteiger partial charge in [0.1, 0.15) is 11.5 Å². The highest BCUT2D eigenvalue weighted by atomic mass is 35.5. The van der Waals surface area contributed by atoms with Gasteiger partial charge < -0.3 is 9.47 Å². The number of sulfonamides is 1. The van der Waals surface area contributed by atoms with Crippen LogP contribution in [-0.4, -0.2) is 22.6 Å². The van der Waals surface area contributed by atoms with Gasteiger partial charge in [0.25, 0.3) is 10.0 Å². The highest BCUT2D eigenvalue weighted by Crippen LogP contribution is 2.31. The number of methoxy groups -OCH3 is 2. The smallest absolute Gasteiger partial charge is 0.262 e. The quantitative estimate of drug-likeness (QED) is 0.879. The molecule has 0 aromatic heterocycles. The summed E-state index contributed by atoms with van der Waals surface area (Å²) in [4.78, 5) is -0.0464. The van der Waals surface area contributed by atoms with Crippen molar-refractivity contribution in [2.45, 2.75) is 4.90 Å². The van der Waals surface area contributed by atoms with E-state index in [0.29, 0.717) is 11.5 Å². The molecule has 1 N–H and O–H groups in total. The number of benzene rings is 2. The average molecular weight is 362 g/mol. The van der Waals surface area contributed by atoms with Gasteiger partial charge in [-0.2, -0.15) is 0 Å². The summed E-state index contributed by atoms with van der Waals surface area (Å²) in [5, 5.41) is 0.455. The van der Waals surface area contributed by atoms with E-state index >= 15 is 0 Å². The topological polar surface area (TPSA) is 64.6 Å². The minimum absolute atomic E-state index is 0.0464. The van der Waals surface area contributed by atoms with Gasteiger partial charge in [-0.15, -0.1) is 0 Å². The van der Waals surface area contributed by atoms with Crippen molar-refractivity contribution in [3.63, 3.8) is 0 Å². The van der Waals surface area contributed by atoms with E-state index in [2.05, 4.69) is 4.72 Å². The third kappa shape index (κ3) is 3.76. The first-order chi connectivity index (χ1) is 10.4. The molecule has 0 saturated carbocycles. The normalized spacial score (nSPS) is 11.1. The van der Waals surface area contributed by atoms with E-state index in [1.54, 1.807) is 12.1 Å². The van der Waals surface area contributed by atoms with Gasteiger partial charge in [0.05, 0.1) is 24.8 Å². The molecular weight excluding hydrogens is 349 g/mol. The fourth-order valence-corrected chi connectivity index (χ4v) is 3.57. The van der Waals surface area contributed by atoms with E-state index < -0.39 is 10.0 Å². The molecule has 0 amide bonds. The number of halogens is 2. The number of rotatable bonds is 5. The van der Waals surface area contributed by atoms with Gasteiger partial charge in [0.2, 0.25) is 0 Å². The maximum Gasteiger partial charge on any atom is 0.262 e. The van der Waals surface area contributed by atoms with Crippen LogP contribution in [0.4, 0.5) is 5.69 Å². The van der Waals surface area contributed by atoms with Crippen LogP contribution in [0.15, 0.2) is 41.3 Å². The largest absolute Gasteiger partial charge is 0.497 e. The lowest BCUT2D eigenvalue weighted by molar-refractivity contribution is 0.405. The molecule has 0 spiro atoms. The summed E-state index contributed by atoms with van der Waals surface area (Å²) in [5.41, 5.74) is 0.248. The first-order valence-corrected chi connectivity index (χ1v) is 8.30. The monoisotopic (exact) mass is 361 g/mol. The summed E-state index contributed by atoms with van der Waals surface area (Å²) in [6, 6.07) is 8.84. The molecule has 0 aliphatic carbocycles. The van der Waals surface area contributed by atoms with Gasteiger partial charge >= 0.3 is 0 Å². The SMILES string of the molecule is COc1ccc(OC)c(NS(=O)(=O)c2cc(Cl)cc(Cl)c2)c1. The van der Waals surface area contributed by atoms with Gasteiger partial charge in [0, 0.05) is 16.1 Å². The standard InChI is InChI=1S/C14H13Cl2NO4S/c1-20-11-3-4-14(21-2)13(8-11)17-22(18,19)12-6-9(15)5-10(16)7-12/h3-8,17H,1-2H3. The summed E-state index contributed by atoms with van der Waals surface area (Å²) >= 11 is 11.7. The lowest BCUT2D eigenvalue weighted by Crippen LogP contribution is -2.13. The van der Waals surface area contributed by atoms with Crippen LogP contribution in [0, 0.1) is 0 Å². The molecule has 0 bridgehead atoms. The second kappa shape index (κ2) is 6.64. The van der Waals surface area contributed by atoms with Gasteiger partial charge in [-0.1, -0.05) is 23.2 Å². The number of hydrogen-bond acceptors (Lipinski definition) is 4. The van der Waals surface area contributed by atoms with E-state index in [-0.39, 0.29) is 20.6 Å². The van der Waals surface area contributed by atoms with Gasteiger partial charge in [-0.25, -0.2) is 8.42 Å². The molecule has 2 aromatic rings. The molecule has 8 heteroatoms. The molecule has 118 valence electrons. The van der Waals surface area contributed by atoms with Crippen molar-refractivity contribution in [2.24, 2.45) is 0 Å². The van der Waals surface area contributed by atoms with Crippen LogP contribution in [0.1, 0.15) is 0 Å². The molecule has 2 rings (SSSR count). The minimum Gasteiger partial charge on any atom is -0.497 e. The summed E-state index contributed by atoms with van der Waals surface area (Å²) in [7, 11) is -0.947. The predicted molar refractivity (Wildman–Crippen MR) is 86.8 cm³/mol. The lowest BCUT2D eigenvalue weighted by atomic mass is 10.3. The van der Waals surface area contributed by atoms with Crippen LogP contribution in [0.5, 0.6) is 11.5 Å². The Kier molecular flexibility index (Phi) is 5.05. The minimum atomic E-state index is -3.87. The maximum atomic E-state index is 12.4. The van der Waals surface area contributed by atoms with Crippen LogP contribution in [0.3, 0.4) is 0 Å². The highest BCUT2D eigenvalue weighted by Gasteiger charge is 2.18. The Hall–Kier alpha value is -1.63. The first kappa shape index (κ1) is 16.7. The fraction of sp³-hybridized carbons (Fsp3) is 0.143. The van der Waals surface area contributed by atoms with E-state index in [0.717, 1.165) is 0 Å². The molecule has 0 radical (unpaired) electrons. The molecule has 2 aromatic carbocycles. The summed E-state index contributed by atoms with van der Waals surface area (Å²) in [6.07, 6.45) is 0. The van der Waals surface area contributed by atoms with Crippen molar-refractivity contribution in [2.75, 3.05) is 18.9 Å².